The second-order valence-electron chi connectivity index (χ2n) is 8.57. The normalized spacial score (nSPS) is 23.7. The average molecular weight is 300 g/mol. The van der Waals surface area contributed by atoms with Gasteiger partial charge in [-0.1, -0.05) is 43.7 Å². The summed E-state index contributed by atoms with van der Waals surface area (Å²) < 4.78 is 0. The molecule has 1 atom stereocenters. The predicted molar refractivity (Wildman–Crippen MR) is 95.3 cm³/mol. The molecule has 122 valence electrons. The second kappa shape index (κ2) is 6.35. The zero-order chi connectivity index (χ0) is 15.7. The Morgan fingerprint density at radius 2 is 1.68 bits per heavy atom. The van der Waals surface area contributed by atoms with Crippen molar-refractivity contribution in [3.63, 3.8) is 0 Å². The maximum Gasteiger partial charge on any atom is -0.00165 e. The van der Waals surface area contributed by atoms with Gasteiger partial charge < -0.3 is 4.90 Å². The van der Waals surface area contributed by atoms with Gasteiger partial charge in [0.05, 0.1) is 0 Å². The van der Waals surface area contributed by atoms with Crippen LogP contribution >= 0.6 is 0 Å². The first-order valence-electron chi connectivity index (χ1n) is 9.22. The summed E-state index contributed by atoms with van der Waals surface area (Å²) in [6.07, 6.45) is 7.28. The van der Waals surface area contributed by atoms with E-state index < -0.39 is 0 Å². The standard InChI is InChI=1S/C21H33N/c1-16(2)20(19-7-5-17(3)6-8-19)13-18-14-21(15-18)9-11-22(4)12-10-21/h5-8,16,18,20H,9-15H2,1-4H3/t20-/m0/s1. The van der Waals surface area contributed by atoms with Crippen molar-refractivity contribution >= 4 is 0 Å². The molecule has 0 radical (unpaired) electrons. The molecule has 0 amide bonds. The summed E-state index contributed by atoms with van der Waals surface area (Å²) in [6, 6.07) is 9.29. The third kappa shape index (κ3) is 3.40. The Labute approximate surface area is 137 Å². The molecule has 0 aromatic heterocycles. The van der Waals surface area contributed by atoms with E-state index in [0.717, 1.165) is 23.2 Å². The molecule has 1 nitrogen and oxygen atoms in total. The summed E-state index contributed by atoms with van der Waals surface area (Å²) in [4.78, 5) is 2.50. The number of hydrogen-bond donors (Lipinski definition) is 0. The van der Waals surface area contributed by atoms with E-state index in [1.54, 1.807) is 5.56 Å². The van der Waals surface area contributed by atoms with Crippen molar-refractivity contribution < 1.29 is 0 Å². The van der Waals surface area contributed by atoms with Crippen molar-refractivity contribution in [2.24, 2.45) is 17.3 Å². The summed E-state index contributed by atoms with van der Waals surface area (Å²) in [5, 5.41) is 0. The molecular formula is C21H33N. The molecule has 1 spiro atoms. The minimum absolute atomic E-state index is 0.728. The second-order valence-corrected chi connectivity index (χ2v) is 8.57. The fourth-order valence-corrected chi connectivity index (χ4v) is 4.80. The molecule has 0 N–H and O–H groups in total. The van der Waals surface area contributed by atoms with Gasteiger partial charge in [-0.15, -0.1) is 0 Å². The summed E-state index contributed by atoms with van der Waals surface area (Å²) in [5.74, 6) is 2.46. The third-order valence-corrected chi connectivity index (χ3v) is 6.39. The van der Waals surface area contributed by atoms with Gasteiger partial charge in [0, 0.05) is 0 Å². The SMILES string of the molecule is Cc1ccc([C@@H](CC2CC3(CCN(C)CC3)C2)C(C)C)cc1. The van der Waals surface area contributed by atoms with E-state index in [9.17, 15) is 0 Å². The highest BCUT2D eigenvalue weighted by Crippen LogP contribution is 2.55. The van der Waals surface area contributed by atoms with E-state index >= 15 is 0 Å². The number of aryl methyl sites for hydroxylation is 1. The summed E-state index contributed by atoms with van der Waals surface area (Å²) in [5.41, 5.74) is 3.66. The molecule has 0 bridgehead atoms. The van der Waals surface area contributed by atoms with E-state index in [1.165, 1.54) is 50.8 Å². The van der Waals surface area contributed by atoms with Gasteiger partial charge >= 0.3 is 0 Å². The van der Waals surface area contributed by atoms with E-state index in [2.05, 4.69) is 57.0 Å². The van der Waals surface area contributed by atoms with Gasteiger partial charge in [-0.05, 0) is 87.9 Å². The minimum Gasteiger partial charge on any atom is -0.306 e. The lowest BCUT2D eigenvalue weighted by Gasteiger charge is -2.53. The van der Waals surface area contributed by atoms with Crippen LogP contribution < -0.4 is 0 Å². The number of likely N-dealkylation sites (tertiary alicyclic amines) is 1. The van der Waals surface area contributed by atoms with Gasteiger partial charge in [-0.3, -0.25) is 0 Å². The topological polar surface area (TPSA) is 3.24 Å². The van der Waals surface area contributed by atoms with Crippen LogP contribution in [0, 0.1) is 24.2 Å². The third-order valence-electron chi connectivity index (χ3n) is 6.39. The number of rotatable bonds is 4. The molecule has 22 heavy (non-hydrogen) atoms. The van der Waals surface area contributed by atoms with Crippen LogP contribution in [0.25, 0.3) is 0 Å². The largest absolute Gasteiger partial charge is 0.306 e. The van der Waals surface area contributed by atoms with E-state index in [1.807, 2.05) is 0 Å². The lowest BCUT2D eigenvalue weighted by molar-refractivity contribution is -0.0144. The Bertz CT molecular complexity index is 471. The number of nitrogens with zero attached hydrogens (tertiary/aromatic N) is 1. The van der Waals surface area contributed by atoms with Gasteiger partial charge in [0.2, 0.25) is 0 Å². The first kappa shape index (κ1) is 16.1. The van der Waals surface area contributed by atoms with Crippen molar-refractivity contribution in [3.05, 3.63) is 35.4 Å². The smallest absolute Gasteiger partial charge is 0.00165 e. The molecule has 2 aliphatic rings. The highest BCUT2D eigenvalue weighted by molar-refractivity contribution is 5.25. The molecule has 2 fully saturated rings. The van der Waals surface area contributed by atoms with Crippen molar-refractivity contribution in [2.75, 3.05) is 20.1 Å². The Morgan fingerprint density at radius 3 is 2.23 bits per heavy atom. The maximum atomic E-state index is 2.50. The predicted octanol–water partition coefficient (Wildman–Crippen LogP) is 5.25. The quantitative estimate of drug-likeness (QED) is 0.734. The zero-order valence-electron chi connectivity index (χ0n) is 14.9. The highest BCUT2D eigenvalue weighted by Gasteiger charge is 2.45. The van der Waals surface area contributed by atoms with Crippen LogP contribution in [0.1, 0.15) is 63.0 Å². The summed E-state index contributed by atoms with van der Waals surface area (Å²) in [7, 11) is 2.27. The van der Waals surface area contributed by atoms with Crippen LogP contribution in [-0.2, 0) is 0 Å². The Morgan fingerprint density at radius 1 is 1.09 bits per heavy atom. The van der Waals surface area contributed by atoms with Gasteiger partial charge in [0.1, 0.15) is 0 Å². The average Bonchev–Trinajstić information content (AvgIpc) is 2.45. The van der Waals surface area contributed by atoms with Gasteiger partial charge in [-0.25, -0.2) is 0 Å². The molecule has 1 heterocycles. The Hall–Kier alpha value is -0.820. The van der Waals surface area contributed by atoms with Crippen LogP contribution in [0.3, 0.4) is 0 Å². The van der Waals surface area contributed by atoms with E-state index in [0.29, 0.717) is 0 Å². The molecule has 1 heteroatoms. The molecular weight excluding hydrogens is 266 g/mol. The van der Waals surface area contributed by atoms with E-state index in [4.69, 9.17) is 0 Å². The van der Waals surface area contributed by atoms with Crippen molar-refractivity contribution in [2.45, 2.75) is 58.8 Å². The Balaban J connectivity index is 1.58. The molecule has 1 saturated heterocycles. The van der Waals surface area contributed by atoms with Gasteiger partial charge in [0.25, 0.3) is 0 Å². The van der Waals surface area contributed by atoms with Crippen molar-refractivity contribution in [3.8, 4) is 0 Å². The van der Waals surface area contributed by atoms with Crippen LogP contribution in [-0.4, -0.2) is 25.0 Å². The zero-order valence-corrected chi connectivity index (χ0v) is 14.9. The Kier molecular flexibility index (Phi) is 4.64. The van der Waals surface area contributed by atoms with Crippen LogP contribution in [0.15, 0.2) is 24.3 Å². The molecule has 3 rings (SSSR count). The van der Waals surface area contributed by atoms with Crippen LogP contribution in [0.2, 0.25) is 0 Å². The summed E-state index contributed by atoms with van der Waals surface area (Å²) in [6.45, 7) is 9.61. The fraction of sp³-hybridized carbons (Fsp3) is 0.714. The molecule has 1 aromatic carbocycles. The monoisotopic (exact) mass is 299 g/mol. The maximum absolute atomic E-state index is 2.50. The molecule has 1 aromatic rings. The highest BCUT2D eigenvalue weighted by atomic mass is 15.1. The molecule has 0 unspecified atom stereocenters. The van der Waals surface area contributed by atoms with E-state index in [-0.39, 0.29) is 0 Å². The van der Waals surface area contributed by atoms with Crippen LogP contribution in [0.4, 0.5) is 0 Å². The number of hydrogen-bond acceptors (Lipinski definition) is 1. The van der Waals surface area contributed by atoms with Crippen LogP contribution in [0.5, 0.6) is 0 Å². The lowest BCUT2D eigenvalue weighted by atomic mass is 9.55. The molecule has 1 aliphatic carbocycles. The minimum atomic E-state index is 0.728. The summed E-state index contributed by atoms with van der Waals surface area (Å²) >= 11 is 0. The van der Waals surface area contributed by atoms with Gasteiger partial charge in [0.15, 0.2) is 0 Å². The molecule has 1 aliphatic heterocycles. The number of benzene rings is 1. The van der Waals surface area contributed by atoms with Crippen molar-refractivity contribution in [1.29, 1.82) is 0 Å². The lowest BCUT2D eigenvalue weighted by Crippen LogP contribution is -2.46. The van der Waals surface area contributed by atoms with Gasteiger partial charge in [-0.2, -0.15) is 0 Å². The fourth-order valence-electron chi connectivity index (χ4n) is 4.80. The first-order valence-corrected chi connectivity index (χ1v) is 9.22. The first-order chi connectivity index (χ1) is 10.5. The number of piperidine rings is 1. The molecule has 1 saturated carbocycles. The van der Waals surface area contributed by atoms with Crippen molar-refractivity contribution in [1.82, 2.24) is 4.90 Å².